The fraction of sp³-hybridized carbons (Fsp3) is 0.733. The summed E-state index contributed by atoms with van der Waals surface area (Å²) in [7, 11) is 0. The third kappa shape index (κ3) is 6.41. The molecule has 108 valence electrons. The minimum absolute atomic E-state index is 0.297. The smallest absolute Gasteiger partial charge is 0.146 e. The van der Waals surface area contributed by atoms with E-state index in [1.807, 2.05) is 0 Å². The Balaban J connectivity index is 2.44. The van der Waals surface area contributed by atoms with Crippen molar-refractivity contribution in [3.63, 3.8) is 0 Å². The molecule has 1 heterocycles. The van der Waals surface area contributed by atoms with Gasteiger partial charge in [0.15, 0.2) is 0 Å². The molecule has 4 nitrogen and oxygen atoms in total. The van der Waals surface area contributed by atoms with Gasteiger partial charge in [-0.05, 0) is 18.8 Å². The van der Waals surface area contributed by atoms with Crippen molar-refractivity contribution in [3.05, 3.63) is 12.4 Å². The van der Waals surface area contributed by atoms with Crippen LogP contribution < -0.4 is 10.6 Å². The quantitative estimate of drug-likeness (QED) is 0.664. The van der Waals surface area contributed by atoms with Crippen molar-refractivity contribution < 1.29 is 0 Å². The summed E-state index contributed by atoms with van der Waals surface area (Å²) in [6, 6.07) is 0. The summed E-state index contributed by atoms with van der Waals surface area (Å²) in [5.74, 6) is 1.68. The Morgan fingerprint density at radius 2 is 1.74 bits per heavy atom. The first-order valence-corrected chi connectivity index (χ1v) is 7.37. The molecule has 1 aromatic rings. The Labute approximate surface area is 117 Å². The number of nitrogens with one attached hydrogen (secondary N) is 2. The van der Waals surface area contributed by atoms with Crippen molar-refractivity contribution in [1.82, 2.24) is 9.97 Å². The fourth-order valence-corrected chi connectivity index (χ4v) is 1.99. The van der Waals surface area contributed by atoms with Crippen molar-refractivity contribution in [2.75, 3.05) is 23.7 Å². The summed E-state index contributed by atoms with van der Waals surface area (Å²) in [4.78, 5) is 8.67. The molecule has 1 rings (SSSR count). The molecule has 19 heavy (non-hydrogen) atoms. The number of nitrogens with zero attached hydrogens (tertiary/aromatic N) is 2. The van der Waals surface area contributed by atoms with E-state index >= 15 is 0 Å². The van der Waals surface area contributed by atoms with Crippen LogP contribution >= 0.6 is 0 Å². The van der Waals surface area contributed by atoms with E-state index < -0.39 is 0 Å². The zero-order valence-corrected chi connectivity index (χ0v) is 12.8. The second-order valence-corrected chi connectivity index (χ2v) is 5.79. The van der Waals surface area contributed by atoms with Crippen molar-refractivity contribution in [2.45, 2.75) is 53.4 Å². The maximum absolute atomic E-state index is 4.48. The monoisotopic (exact) mass is 264 g/mol. The van der Waals surface area contributed by atoms with Crippen LogP contribution in [-0.4, -0.2) is 23.1 Å². The maximum Gasteiger partial charge on any atom is 0.146 e. The molecule has 0 spiro atoms. The topological polar surface area (TPSA) is 49.8 Å². The van der Waals surface area contributed by atoms with Crippen molar-refractivity contribution in [3.8, 4) is 0 Å². The van der Waals surface area contributed by atoms with E-state index in [1.54, 1.807) is 12.4 Å². The number of unbranched alkanes of at least 4 members (excludes halogenated alkanes) is 2. The number of anilines is 2. The number of hydrogen-bond acceptors (Lipinski definition) is 4. The number of hydrogen-bond donors (Lipinski definition) is 2. The maximum atomic E-state index is 4.48. The molecule has 1 aromatic heterocycles. The lowest BCUT2D eigenvalue weighted by Crippen LogP contribution is -2.23. The van der Waals surface area contributed by atoms with Gasteiger partial charge >= 0.3 is 0 Å². The van der Waals surface area contributed by atoms with Crippen LogP contribution in [-0.2, 0) is 0 Å². The van der Waals surface area contributed by atoms with E-state index in [9.17, 15) is 0 Å². The second-order valence-electron chi connectivity index (χ2n) is 5.79. The Bertz CT molecular complexity index is 363. The molecule has 0 aliphatic heterocycles. The van der Waals surface area contributed by atoms with Gasteiger partial charge in [-0.15, -0.1) is 0 Å². The van der Waals surface area contributed by atoms with Crippen LogP contribution in [0.1, 0.15) is 53.4 Å². The Morgan fingerprint density at radius 1 is 1.05 bits per heavy atom. The molecule has 0 unspecified atom stereocenters. The molecule has 0 radical (unpaired) electrons. The number of aromatic nitrogens is 2. The zero-order valence-electron chi connectivity index (χ0n) is 12.8. The van der Waals surface area contributed by atoms with Crippen molar-refractivity contribution in [1.29, 1.82) is 0 Å². The van der Waals surface area contributed by atoms with Gasteiger partial charge in [-0.25, -0.2) is 4.98 Å². The van der Waals surface area contributed by atoms with Crippen LogP contribution in [0.5, 0.6) is 0 Å². The third-order valence-electron chi connectivity index (χ3n) is 3.20. The first kappa shape index (κ1) is 15.7. The van der Waals surface area contributed by atoms with E-state index in [-0.39, 0.29) is 0 Å². The van der Waals surface area contributed by atoms with Crippen LogP contribution in [0.3, 0.4) is 0 Å². The number of rotatable bonds is 9. The minimum Gasteiger partial charge on any atom is -0.369 e. The third-order valence-corrected chi connectivity index (χ3v) is 3.20. The van der Waals surface area contributed by atoms with E-state index in [0.717, 1.165) is 24.7 Å². The van der Waals surface area contributed by atoms with Crippen LogP contribution in [0, 0.1) is 5.41 Å². The van der Waals surface area contributed by atoms with Gasteiger partial charge in [-0.2, -0.15) is 0 Å². The van der Waals surface area contributed by atoms with Crippen LogP contribution in [0.25, 0.3) is 0 Å². The van der Waals surface area contributed by atoms with E-state index in [0.29, 0.717) is 5.41 Å². The summed E-state index contributed by atoms with van der Waals surface area (Å²) in [5.41, 5.74) is 0.297. The van der Waals surface area contributed by atoms with Gasteiger partial charge in [-0.3, -0.25) is 4.98 Å². The molecule has 0 atom stereocenters. The van der Waals surface area contributed by atoms with E-state index in [1.165, 1.54) is 25.7 Å². The van der Waals surface area contributed by atoms with Gasteiger partial charge in [0, 0.05) is 13.1 Å². The first-order valence-electron chi connectivity index (χ1n) is 7.37. The molecular weight excluding hydrogens is 236 g/mol. The lowest BCUT2D eigenvalue weighted by molar-refractivity contribution is 0.342. The molecule has 0 saturated carbocycles. The Hall–Kier alpha value is -1.32. The SMILES string of the molecule is CCCCCC(C)(C)CNc1cncc(NCC)n1. The van der Waals surface area contributed by atoms with Crippen LogP contribution in [0.2, 0.25) is 0 Å². The molecule has 0 aromatic carbocycles. The lowest BCUT2D eigenvalue weighted by atomic mass is 9.87. The van der Waals surface area contributed by atoms with Gasteiger partial charge < -0.3 is 10.6 Å². The molecule has 4 heteroatoms. The highest BCUT2D eigenvalue weighted by Gasteiger charge is 2.17. The summed E-state index contributed by atoms with van der Waals surface area (Å²) in [5, 5.41) is 6.57. The van der Waals surface area contributed by atoms with E-state index in [2.05, 4.69) is 48.3 Å². The summed E-state index contributed by atoms with van der Waals surface area (Å²) < 4.78 is 0. The van der Waals surface area contributed by atoms with Crippen molar-refractivity contribution >= 4 is 11.6 Å². The van der Waals surface area contributed by atoms with Gasteiger partial charge in [0.25, 0.3) is 0 Å². The molecule has 0 fully saturated rings. The Morgan fingerprint density at radius 3 is 2.37 bits per heavy atom. The van der Waals surface area contributed by atoms with Gasteiger partial charge in [0.2, 0.25) is 0 Å². The molecule has 2 N–H and O–H groups in total. The standard InChI is InChI=1S/C15H28N4/c1-5-7-8-9-15(3,4)12-18-14-11-16-10-13(19-14)17-6-2/h10-11H,5-9,12H2,1-4H3,(H2,17,18,19). The molecule has 0 amide bonds. The molecule has 0 saturated heterocycles. The Kier molecular flexibility index (Phi) is 6.60. The average Bonchev–Trinajstić information content (AvgIpc) is 2.38. The second kappa shape index (κ2) is 7.97. The highest BCUT2D eigenvalue weighted by molar-refractivity contribution is 5.41. The average molecular weight is 264 g/mol. The van der Waals surface area contributed by atoms with Gasteiger partial charge in [0.1, 0.15) is 11.6 Å². The fourth-order valence-electron chi connectivity index (χ4n) is 1.99. The highest BCUT2D eigenvalue weighted by Crippen LogP contribution is 2.24. The summed E-state index contributed by atoms with van der Waals surface area (Å²) in [6.07, 6.45) is 8.67. The summed E-state index contributed by atoms with van der Waals surface area (Å²) >= 11 is 0. The lowest BCUT2D eigenvalue weighted by Gasteiger charge is -2.25. The predicted molar refractivity (Wildman–Crippen MR) is 82.6 cm³/mol. The predicted octanol–water partition coefficient (Wildman–Crippen LogP) is 3.93. The molecule has 0 bridgehead atoms. The normalized spacial score (nSPS) is 11.4. The van der Waals surface area contributed by atoms with Crippen LogP contribution in [0.15, 0.2) is 12.4 Å². The van der Waals surface area contributed by atoms with Crippen molar-refractivity contribution in [2.24, 2.45) is 5.41 Å². The molecule has 0 aliphatic carbocycles. The highest BCUT2D eigenvalue weighted by atomic mass is 15.1. The summed E-state index contributed by atoms with van der Waals surface area (Å²) in [6.45, 7) is 10.7. The van der Waals surface area contributed by atoms with Crippen LogP contribution in [0.4, 0.5) is 11.6 Å². The zero-order chi connectivity index (χ0) is 14.1. The largest absolute Gasteiger partial charge is 0.369 e. The van der Waals surface area contributed by atoms with Gasteiger partial charge in [0.05, 0.1) is 12.4 Å². The first-order chi connectivity index (χ1) is 9.07. The molecular formula is C15H28N4. The van der Waals surface area contributed by atoms with Gasteiger partial charge in [-0.1, -0.05) is 40.0 Å². The minimum atomic E-state index is 0.297. The molecule has 0 aliphatic rings. The van der Waals surface area contributed by atoms with E-state index in [4.69, 9.17) is 0 Å².